The molecule has 0 aliphatic rings. The first kappa shape index (κ1) is 36.8. The van der Waals surface area contributed by atoms with Gasteiger partial charge in [-0.1, -0.05) is 157 Å². The van der Waals surface area contributed by atoms with Crippen LogP contribution in [0.15, 0.2) is 170 Å². The Morgan fingerprint density at radius 3 is 0.920 bits per heavy atom. The van der Waals surface area contributed by atoms with Crippen LogP contribution in [0, 0.1) is 47.9 Å². The minimum absolute atomic E-state index is 0.693. The van der Waals surface area contributed by atoms with E-state index in [4.69, 9.17) is 23.4 Å². The Bertz CT molecular complexity index is 2070. The summed E-state index contributed by atoms with van der Waals surface area (Å²) in [7, 11) is -6.34. The fraction of sp³-hybridized carbons (Fsp3) is 0. The first-order chi connectivity index (χ1) is 24.4. The summed E-state index contributed by atoms with van der Waals surface area (Å²) in [5, 5.41) is 14.8. The van der Waals surface area contributed by atoms with E-state index in [0.717, 1.165) is 11.1 Å². The Labute approximate surface area is 294 Å². The molecule has 6 aromatic rings. The molecule has 0 spiro atoms. The van der Waals surface area contributed by atoms with Crippen molar-refractivity contribution >= 4 is 35.5 Å². The van der Waals surface area contributed by atoms with Gasteiger partial charge in [-0.05, 0) is 47.7 Å². The number of hydrogen-bond donors (Lipinski definition) is 2. The highest BCUT2D eigenvalue weighted by molar-refractivity contribution is 7.83. The maximum absolute atomic E-state index is 14.2. The quantitative estimate of drug-likeness (QED) is 0.0854. The molecule has 0 amide bonds. The van der Waals surface area contributed by atoms with Gasteiger partial charge in [0.1, 0.15) is 0 Å². The first-order valence-electron chi connectivity index (χ1n) is 15.3. The maximum atomic E-state index is 14.2. The van der Waals surface area contributed by atoms with Crippen LogP contribution in [0.25, 0.3) is 0 Å². The number of terminal acetylenes is 2. The predicted octanol–water partition coefficient (Wildman–Crippen LogP) is 8.00. The summed E-state index contributed by atoms with van der Waals surface area (Å²) >= 11 is 0. The lowest BCUT2D eigenvalue weighted by Crippen LogP contribution is -2.14. The molecule has 0 aliphatic carbocycles. The molecule has 2 N–H and O–H groups in total. The lowest BCUT2D eigenvalue weighted by Gasteiger charge is -2.13. The smallest absolute Gasteiger partial charge is 0.211 e. The molecule has 50 heavy (non-hydrogen) atoms. The molecule has 0 heterocycles. The van der Waals surface area contributed by atoms with Gasteiger partial charge < -0.3 is 0 Å². The normalized spacial score (nSPS) is 10.0. The van der Waals surface area contributed by atoms with Crippen molar-refractivity contribution in [1.29, 1.82) is 0 Å². The molecule has 0 saturated heterocycles. The molecular weight excluding hydrogens is 654 g/mol. The Balaban J connectivity index is 0.000000400. The number of rotatable bonds is 4. The van der Waals surface area contributed by atoms with Gasteiger partial charge in [0.15, 0.2) is 0 Å². The van der Waals surface area contributed by atoms with Crippen molar-refractivity contribution in [1.82, 2.24) is 0 Å². The summed E-state index contributed by atoms with van der Waals surface area (Å²) in [6, 6.07) is 52.3. The molecule has 0 fully saturated rings. The minimum Gasteiger partial charge on any atom is -0.300 e. The van der Waals surface area contributed by atoms with E-state index in [1.165, 1.54) is 0 Å². The van der Waals surface area contributed by atoms with Gasteiger partial charge >= 0.3 is 0 Å². The van der Waals surface area contributed by atoms with Crippen LogP contribution in [0.1, 0.15) is 22.3 Å². The van der Waals surface area contributed by atoms with Crippen LogP contribution in [0.2, 0.25) is 0 Å². The van der Waals surface area contributed by atoms with Crippen LogP contribution >= 0.6 is 14.3 Å². The van der Waals surface area contributed by atoms with Crippen LogP contribution < -0.4 is 21.2 Å². The van der Waals surface area contributed by atoms with Crippen LogP contribution in [0.3, 0.4) is 0 Å². The van der Waals surface area contributed by atoms with E-state index in [1.807, 2.05) is 164 Å². The third-order valence-corrected chi connectivity index (χ3v) is 12.2. The third kappa shape index (κ3) is 9.52. The van der Waals surface area contributed by atoms with Gasteiger partial charge in [0.2, 0.25) is 14.3 Å². The van der Waals surface area contributed by atoms with Gasteiger partial charge in [0.25, 0.3) is 0 Å². The topological polar surface area (TPSA) is 74.6 Å². The SMILES string of the molecule is C#Cc1cccc(C#C)c1.O=P(C#Cc1cccc(C#CP(=O)(c2ccccc2)c2ccccc2)c1)(c1ccccc1)c1ccccc1.OO. The molecule has 0 unspecified atom stereocenters. The van der Waals surface area contributed by atoms with Crippen LogP contribution in [-0.4, -0.2) is 10.5 Å². The molecular formula is C44H32O4P2. The van der Waals surface area contributed by atoms with E-state index in [1.54, 1.807) is 6.07 Å². The van der Waals surface area contributed by atoms with E-state index in [9.17, 15) is 9.13 Å². The van der Waals surface area contributed by atoms with Gasteiger partial charge in [0, 0.05) is 43.5 Å². The van der Waals surface area contributed by atoms with E-state index in [2.05, 4.69) is 35.0 Å². The second-order valence-electron chi connectivity index (χ2n) is 10.5. The van der Waals surface area contributed by atoms with Crippen molar-refractivity contribution < 1.29 is 19.6 Å². The zero-order chi connectivity index (χ0) is 35.7. The van der Waals surface area contributed by atoms with Gasteiger partial charge in [-0.15, -0.1) is 12.8 Å². The first-order valence-corrected chi connectivity index (χ1v) is 18.7. The zero-order valence-electron chi connectivity index (χ0n) is 26.9. The Morgan fingerprint density at radius 2 is 0.640 bits per heavy atom. The molecule has 4 nitrogen and oxygen atoms in total. The summed E-state index contributed by atoms with van der Waals surface area (Å²) in [6.07, 6.45) is 10.3. The predicted molar refractivity (Wildman–Crippen MR) is 207 cm³/mol. The second kappa shape index (κ2) is 18.5. The highest BCUT2D eigenvalue weighted by atomic mass is 31.2. The second-order valence-corrected chi connectivity index (χ2v) is 15.4. The molecule has 0 saturated carbocycles. The summed E-state index contributed by atoms with van der Waals surface area (Å²) in [5.74, 6) is 11.3. The average Bonchev–Trinajstić information content (AvgIpc) is 3.21. The molecule has 6 heteroatoms. The molecule has 6 rings (SSSR count). The van der Waals surface area contributed by atoms with Gasteiger partial charge in [-0.2, -0.15) is 0 Å². The van der Waals surface area contributed by atoms with Gasteiger partial charge in [-0.25, -0.2) is 0 Å². The summed E-state index contributed by atoms with van der Waals surface area (Å²) in [6.45, 7) is 0. The van der Waals surface area contributed by atoms with E-state index >= 15 is 0 Å². The summed E-state index contributed by atoms with van der Waals surface area (Å²) in [5.41, 5.74) is 9.24. The largest absolute Gasteiger partial charge is 0.300 e. The third-order valence-electron chi connectivity index (χ3n) is 7.25. The lowest BCUT2D eigenvalue weighted by molar-refractivity contribution is -0.176. The average molecular weight is 687 g/mol. The van der Waals surface area contributed by atoms with E-state index < -0.39 is 14.3 Å². The summed E-state index contributed by atoms with van der Waals surface area (Å²) in [4.78, 5) is 0. The monoisotopic (exact) mass is 686 g/mol. The lowest BCUT2D eigenvalue weighted by atomic mass is 10.1. The molecule has 0 atom stereocenters. The van der Waals surface area contributed by atoms with E-state index in [-0.39, 0.29) is 0 Å². The van der Waals surface area contributed by atoms with Crippen LogP contribution in [0.5, 0.6) is 0 Å². The zero-order valence-corrected chi connectivity index (χ0v) is 28.7. The number of hydrogen-bond acceptors (Lipinski definition) is 4. The van der Waals surface area contributed by atoms with Crippen molar-refractivity contribution in [3.8, 4) is 47.9 Å². The molecule has 0 bridgehead atoms. The Hall–Kier alpha value is -6.06. The fourth-order valence-corrected chi connectivity index (χ4v) is 8.82. The maximum Gasteiger partial charge on any atom is 0.211 e. The standard InChI is InChI=1S/C34H24O2P2.C10H6.H2O2/c35-37(31-16-5-1-6-17-31,32-18-7-2-8-19-32)26-24-29-14-13-15-30(28-29)25-27-38(36,33-20-9-3-10-21-33)34-22-11-4-12-23-34;1-3-9-6-5-7-10(4-2)8-9;1-2/h1-23,28H;1-2,5-8H;1-2H. The van der Waals surface area contributed by atoms with Crippen molar-refractivity contribution in [3.63, 3.8) is 0 Å². The fourth-order valence-electron chi connectivity index (χ4n) is 4.77. The van der Waals surface area contributed by atoms with Crippen molar-refractivity contribution in [2.24, 2.45) is 0 Å². The highest BCUT2D eigenvalue weighted by Crippen LogP contribution is 2.43. The van der Waals surface area contributed by atoms with Crippen LogP contribution in [-0.2, 0) is 9.13 Å². The Kier molecular flexibility index (Phi) is 13.6. The molecule has 6 aromatic carbocycles. The van der Waals surface area contributed by atoms with Crippen LogP contribution in [0.4, 0.5) is 0 Å². The molecule has 0 aliphatic heterocycles. The van der Waals surface area contributed by atoms with Crippen molar-refractivity contribution in [3.05, 3.63) is 192 Å². The van der Waals surface area contributed by atoms with E-state index in [0.29, 0.717) is 32.3 Å². The van der Waals surface area contributed by atoms with Crippen molar-refractivity contribution in [2.75, 3.05) is 0 Å². The Morgan fingerprint density at radius 1 is 0.380 bits per heavy atom. The number of benzene rings is 6. The van der Waals surface area contributed by atoms with Crippen molar-refractivity contribution in [2.45, 2.75) is 0 Å². The minimum atomic E-state index is -3.17. The molecule has 242 valence electrons. The van der Waals surface area contributed by atoms with Gasteiger partial charge in [0.05, 0.1) is 0 Å². The summed E-state index contributed by atoms with van der Waals surface area (Å²) < 4.78 is 28.4. The van der Waals surface area contributed by atoms with Gasteiger partial charge in [-0.3, -0.25) is 19.6 Å². The molecule has 0 radical (unpaired) electrons. The molecule has 0 aromatic heterocycles. The highest BCUT2D eigenvalue weighted by Gasteiger charge is 2.25.